The lowest BCUT2D eigenvalue weighted by atomic mass is 10.0. The van der Waals surface area contributed by atoms with Crippen molar-refractivity contribution in [3.63, 3.8) is 0 Å². The van der Waals surface area contributed by atoms with Crippen molar-refractivity contribution in [1.82, 2.24) is 25.1 Å². The highest BCUT2D eigenvalue weighted by atomic mass is 16.5. The van der Waals surface area contributed by atoms with Crippen LogP contribution in [0.1, 0.15) is 28.5 Å². The Balaban J connectivity index is 1.65. The Morgan fingerprint density at radius 2 is 2.17 bits per heavy atom. The number of amides is 1. The second-order valence-electron chi connectivity index (χ2n) is 6.16. The van der Waals surface area contributed by atoms with Crippen LogP contribution in [0.5, 0.6) is 0 Å². The van der Waals surface area contributed by atoms with Crippen molar-refractivity contribution in [1.29, 1.82) is 0 Å². The van der Waals surface area contributed by atoms with E-state index < -0.39 is 0 Å². The molecule has 1 N–H and O–H groups in total. The van der Waals surface area contributed by atoms with Gasteiger partial charge in [0, 0.05) is 46.4 Å². The van der Waals surface area contributed by atoms with Crippen molar-refractivity contribution in [2.75, 3.05) is 39.2 Å². The van der Waals surface area contributed by atoms with Crippen molar-refractivity contribution in [2.24, 2.45) is 0 Å². The van der Waals surface area contributed by atoms with E-state index in [1.54, 1.807) is 24.2 Å². The smallest absolute Gasteiger partial charge is 0.255 e. The number of nitrogens with one attached hydrogen (secondary N) is 1. The number of rotatable bonds is 5. The molecule has 0 aromatic carbocycles. The molecule has 2 atom stereocenters. The predicted octanol–water partition coefficient (Wildman–Crippen LogP) is 0.910. The number of aromatic nitrogens is 4. The number of H-pyrrole nitrogens is 1. The molecular weight excluding hydrogens is 308 g/mol. The maximum absolute atomic E-state index is 12.6. The number of hydrogen-bond donors (Lipinski definition) is 1. The molecule has 8 nitrogen and oxygen atoms in total. The molecule has 24 heavy (non-hydrogen) atoms. The number of carbonyl (C=O) groups is 1. The quantitative estimate of drug-likeness (QED) is 0.877. The zero-order valence-corrected chi connectivity index (χ0v) is 14.1. The predicted molar refractivity (Wildman–Crippen MR) is 89.0 cm³/mol. The van der Waals surface area contributed by atoms with Crippen LogP contribution in [0.2, 0.25) is 0 Å². The number of nitrogens with zero attached hydrogens (tertiary/aromatic N) is 5. The number of aromatic amines is 1. The van der Waals surface area contributed by atoms with Gasteiger partial charge in [-0.2, -0.15) is 5.10 Å². The summed E-state index contributed by atoms with van der Waals surface area (Å²) in [5, 5.41) is 6.80. The molecule has 2 aromatic rings. The molecule has 0 radical (unpaired) electrons. The third-order valence-electron chi connectivity index (χ3n) is 4.25. The first kappa shape index (κ1) is 16.4. The van der Waals surface area contributed by atoms with Gasteiger partial charge in [0.2, 0.25) is 0 Å². The van der Waals surface area contributed by atoms with Crippen molar-refractivity contribution < 1.29 is 9.53 Å². The van der Waals surface area contributed by atoms with Crippen LogP contribution in [0.4, 0.5) is 5.82 Å². The summed E-state index contributed by atoms with van der Waals surface area (Å²) in [4.78, 5) is 24.7. The number of ether oxygens (including phenoxy) is 1. The zero-order chi connectivity index (χ0) is 17.1. The van der Waals surface area contributed by atoms with Gasteiger partial charge in [-0.1, -0.05) is 0 Å². The highest BCUT2D eigenvalue weighted by Gasteiger charge is 2.33. The van der Waals surface area contributed by atoms with E-state index in [4.69, 9.17) is 4.74 Å². The third kappa shape index (κ3) is 3.38. The van der Waals surface area contributed by atoms with Gasteiger partial charge in [0.15, 0.2) is 0 Å². The summed E-state index contributed by atoms with van der Waals surface area (Å²) in [5.41, 5.74) is 0.567. The Hall–Kier alpha value is -2.48. The maximum Gasteiger partial charge on any atom is 0.255 e. The Bertz CT molecular complexity index is 670. The molecule has 1 amide bonds. The zero-order valence-electron chi connectivity index (χ0n) is 14.1. The Labute approximate surface area is 140 Å². The highest BCUT2D eigenvalue weighted by molar-refractivity contribution is 5.93. The summed E-state index contributed by atoms with van der Waals surface area (Å²) in [5.74, 6) is 1.70. The Morgan fingerprint density at radius 1 is 1.33 bits per heavy atom. The molecule has 128 valence electrons. The van der Waals surface area contributed by atoms with Crippen LogP contribution in [-0.4, -0.2) is 71.4 Å². The van der Waals surface area contributed by atoms with Crippen molar-refractivity contribution in [3.05, 3.63) is 36.0 Å². The number of carbonyl (C=O) groups excluding carboxylic acids is 1. The van der Waals surface area contributed by atoms with E-state index in [2.05, 4.69) is 20.2 Å². The first-order valence-electron chi connectivity index (χ1n) is 7.92. The minimum absolute atomic E-state index is 0.0698. The van der Waals surface area contributed by atoms with Crippen LogP contribution in [-0.2, 0) is 4.74 Å². The average molecular weight is 330 g/mol. The van der Waals surface area contributed by atoms with Gasteiger partial charge in [-0.05, 0) is 18.6 Å². The van der Waals surface area contributed by atoms with Crippen molar-refractivity contribution in [3.8, 4) is 0 Å². The fourth-order valence-electron chi connectivity index (χ4n) is 2.89. The average Bonchev–Trinajstić information content (AvgIpc) is 3.25. The van der Waals surface area contributed by atoms with E-state index in [1.807, 2.05) is 25.1 Å². The minimum Gasteiger partial charge on any atom is -0.376 e. The van der Waals surface area contributed by atoms with E-state index in [9.17, 15) is 4.79 Å². The second kappa shape index (κ2) is 6.96. The summed E-state index contributed by atoms with van der Waals surface area (Å²) >= 11 is 0. The maximum atomic E-state index is 12.6. The lowest BCUT2D eigenvalue weighted by molar-refractivity contribution is 0.0550. The summed E-state index contributed by atoms with van der Waals surface area (Å²) in [6.45, 7) is 1.16. The van der Waals surface area contributed by atoms with Crippen LogP contribution < -0.4 is 4.90 Å². The van der Waals surface area contributed by atoms with Crippen molar-refractivity contribution >= 4 is 11.7 Å². The van der Waals surface area contributed by atoms with Crippen molar-refractivity contribution in [2.45, 2.75) is 18.4 Å². The lowest BCUT2D eigenvalue weighted by Crippen LogP contribution is -2.36. The molecule has 3 heterocycles. The number of pyridine rings is 1. The summed E-state index contributed by atoms with van der Waals surface area (Å²) in [6, 6.07) is 3.63. The molecule has 1 saturated heterocycles. The number of anilines is 1. The summed E-state index contributed by atoms with van der Waals surface area (Å²) in [6.07, 6.45) is 3.90. The topological polar surface area (TPSA) is 87.2 Å². The molecule has 0 aliphatic carbocycles. The van der Waals surface area contributed by atoms with Crippen LogP contribution in [0.15, 0.2) is 24.7 Å². The first-order valence-corrected chi connectivity index (χ1v) is 7.92. The fourth-order valence-corrected chi connectivity index (χ4v) is 2.89. The molecule has 0 spiro atoms. The van der Waals surface area contributed by atoms with Gasteiger partial charge in [0.05, 0.1) is 11.7 Å². The van der Waals surface area contributed by atoms with Gasteiger partial charge in [-0.15, -0.1) is 0 Å². The monoisotopic (exact) mass is 330 g/mol. The highest BCUT2D eigenvalue weighted by Crippen LogP contribution is 2.29. The van der Waals surface area contributed by atoms with Gasteiger partial charge >= 0.3 is 0 Å². The molecular formula is C16H22N6O2. The van der Waals surface area contributed by atoms with Gasteiger partial charge in [-0.3, -0.25) is 9.89 Å². The minimum atomic E-state index is -0.0825. The van der Waals surface area contributed by atoms with Crippen LogP contribution in [0, 0.1) is 0 Å². The van der Waals surface area contributed by atoms with Gasteiger partial charge in [0.25, 0.3) is 5.91 Å². The van der Waals surface area contributed by atoms with E-state index in [0.717, 1.165) is 18.1 Å². The Kier molecular flexibility index (Phi) is 4.75. The molecule has 0 saturated carbocycles. The second-order valence-corrected chi connectivity index (χ2v) is 6.16. The summed E-state index contributed by atoms with van der Waals surface area (Å²) < 4.78 is 5.79. The van der Waals surface area contributed by atoms with Gasteiger partial charge < -0.3 is 14.5 Å². The van der Waals surface area contributed by atoms with Crippen LogP contribution >= 0.6 is 0 Å². The molecule has 1 aliphatic heterocycles. The normalized spacial score (nSPS) is 20.1. The first-order chi connectivity index (χ1) is 11.6. The van der Waals surface area contributed by atoms with Gasteiger partial charge in [0.1, 0.15) is 18.0 Å². The largest absolute Gasteiger partial charge is 0.376 e. The van der Waals surface area contributed by atoms with E-state index >= 15 is 0 Å². The molecule has 3 rings (SSSR count). The standard InChI is InChI=1S/C16H22N6O2/c1-21(2)14-5-4-11(8-17-14)16(23)22(3)9-13-12(6-7-24-13)15-18-10-19-20-15/h4-5,8,10,12-13H,6-7,9H2,1-3H3,(H,18,19,20)/t12-,13-/m1/s1. The molecule has 0 unspecified atom stereocenters. The molecule has 8 heteroatoms. The number of likely N-dealkylation sites (N-methyl/N-ethyl adjacent to an activating group) is 1. The number of hydrogen-bond acceptors (Lipinski definition) is 6. The van der Waals surface area contributed by atoms with E-state index in [-0.39, 0.29) is 17.9 Å². The molecule has 0 bridgehead atoms. The SMILES string of the molecule is CN(C[C@H]1OCC[C@H]1c1ncn[nH]1)C(=O)c1ccc(N(C)C)nc1. The Morgan fingerprint density at radius 3 is 2.79 bits per heavy atom. The van der Waals surface area contributed by atoms with Crippen LogP contribution in [0.25, 0.3) is 0 Å². The van der Waals surface area contributed by atoms with Crippen LogP contribution in [0.3, 0.4) is 0 Å². The lowest BCUT2D eigenvalue weighted by Gasteiger charge is -2.24. The molecule has 2 aromatic heterocycles. The van der Waals surface area contributed by atoms with Gasteiger partial charge in [-0.25, -0.2) is 9.97 Å². The van der Waals surface area contributed by atoms with E-state index in [1.165, 1.54) is 6.33 Å². The molecule has 1 aliphatic rings. The third-order valence-corrected chi connectivity index (χ3v) is 4.25. The molecule has 1 fully saturated rings. The summed E-state index contributed by atoms with van der Waals surface area (Å²) in [7, 11) is 5.61. The fraction of sp³-hybridized carbons (Fsp3) is 0.500. The van der Waals surface area contributed by atoms with E-state index in [0.29, 0.717) is 18.7 Å².